The minimum Gasteiger partial charge on any atom is -0.467 e. The van der Waals surface area contributed by atoms with E-state index in [0.717, 1.165) is 69.5 Å². The maximum atomic E-state index is 13.3. The molecule has 0 bridgehead atoms. The highest BCUT2D eigenvalue weighted by Crippen LogP contribution is 2.36. The first-order valence-electron chi connectivity index (χ1n) is 14.4. The van der Waals surface area contributed by atoms with Crippen molar-refractivity contribution in [2.24, 2.45) is 0 Å². The number of carbonyl (C=O) groups excluding carboxylic acids is 1. The lowest BCUT2D eigenvalue weighted by Gasteiger charge is -2.34. The average molecular weight is 541 g/mol. The summed E-state index contributed by atoms with van der Waals surface area (Å²) in [6, 6.07) is 17.5. The summed E-state index contributed by atoms with van der Waals surface area (Å²) < 4.78 is 12.9. The quantitative estimate of drug-likeness (QED) is 0.213. The molecule has 3 heterocycles. The molecule has 2 aromatic heterocycles. The second kappa shape index (κ2) is 13.1. The Labute approximate surface area is 237 Å². The first-order valence-corrected chi connectivity index (χ1v) is 14.4. The average Bonchev–Trinajstić information content (AvgIpc) is 3.29. The van der Waals surface area contributed by atoms with Crippen LogP contribution in [0.4, 0.5) is 0 Å². The maximum absolute atomic E-state index is 13.3. The number of rotatable bonds is 11. The molecule has 7 heteroatoms. The van der Waals surface area contributed by atoms with E-state index in [1.165, 1.54) is 27.7 Å². The smallest absolute Gasteiger partial charge is 0.316 e. The number of piperidine rings is 1. The first kappa shape index (κ1) is 27.8. The number of methoxy groups -OCH3 is 2. The maximum Gasteiger partial charge on any atom is 0.316 e. The van der Waals surface area contributed by atoms with Gasteiger partial charge in [0.1, 0.15) is 0 Å². The molecule has 0 saturated carbocycles. The van der Waals surface area contributed by atoms with Gasteiger partial charge in [0, 0.05) is 80.2 Å². The van der Waals surface area contributed by atoms with Crippen LogP contribution in [-0.4, -0.2) is 59.3 Å². The molecule has 1 saturated heterocycles. The van der Waals surface area contributed by atoms with Gasteiger partial charge < -0.3 is 18.9 Å². The van der Waals surface area contributed by atoms with Gasteiger partial charge in [-0.3, -0.25) is 4.79 Å². The van der Waals surface area contributed by atoms with E-state index in [2.05, 4.69) is 74.9 Å². The highest BCUT2D eigenvalue weighted by atomic mass is 16.5. The number of hydrogen-bond acceptors (Lipinski definition) is 5. The molecular formula is C33H40N4O3. The van der Waals surface area contributed by atoms with E-state index >= 15 is 0 Å². The van der Waals surface area contributed by atoms with E-state index in [9.17, 15) is 4.79 Å². The first-order chi connectivity index (χ1) is 19.6. The van der Waals surface area contributed by atoms with Crippen LogP contribution in [-0.2, 0) is 22.5 Å². The van der Waals surface area contributed by atoms with Crippen LogP contribution in [0.1, 0.15) is 54.8 Å². The lowest BCUT2D eigenvalue weighted by molar-refractivity contribution is -0.132. The van der Waals surface area contributed by atoms with Crippen molar-refractivity contribution in [2.45, 2.75) is 57.9 Å². The molecule has 40 heavy (non-hydrogen) atoms. The van der Waals surface area contributed by atoms with Gasteiger partial charge in [-0.05, 0) is 61.8 Å². The predicted molar refractivity (Wildman–Crippen MR) is 159 cm³/mol. The summed E-state index contributed by atoms with van der Waals surface area (Å²) in [6.07, 6.45) is 9.00. The standard InChI is InChI=1S/C33H40N4O3/c1-24-29-11-4-5-12-30(29)37(19-8-20-39-2)32(24)27-10-7-18-36(23-27)31(38)13-6-9-25-14-16-26(17-15-25)28-21-34-33(40-3)35-22-28/h4-5,11-12,14-17,21-22,27H,6-10,13,18-20,23H2,1-3H3. The molecule has 0 aliphatic carbocycles. The van der Waals surface area contributed by atoms with E-state index < -0.39 is 0 Å². The van der Waals surface area contributed by atoms with Gasteiger partial charge in [-0.1, -0.05) is 42.5 Å². The van der Waals surface area contributed by atoms with Gasteiger partial charge in [-0.25, -0.2) is 9.97 Å². The monoisotopic (exact) mass is 540 g/mol. The molecule has 1 aliphatic rings. The van der Waals surface area contributed by atoms with E-state index in [4.69, 9.17) is 9.47 Å². The molecule has 1 atom stereocenters. The molecule has 5 rings (SSSR count). The van der Waals surface area contributed by atoms with Gasteiger partial charge in [0.05, 0.1) is 7.11 Å². The third-order valence-corrected chi connectivity index (χ3v) is 8.12. The predicted octanol–water partition coefficient (Wildman–Crippen LogP) is 6.18. The molecule has 7 nitrogen and oxygen atoms in total. The number of nitrogens with zero attached hydrogens (tertiary/aromatic N) is 4. The highest BCUT2D eigenvalue weighted by Gasteiger charge is 2.29. The Balaban J connectivity index is 1.19. The van der Waals surface area contributed by atoms with Crippen molar-refractivity contribution in [2.75, 3.05) is 33.9 Å². The summed E-state index contributed by atoms with van der Waals surface area (Å²) >= 11 is 0. The Morgan fingerprint density at radius 2 is 1.77 bits per heavy atom. The molecule has 0 N–H and O–H groups in total. The van der Waals surface area contributed by atoms with E-state index in [1.807, 2.05) is 0 Å². The molecule has 0 spiro atoms. The van der Waals surface area contributed by atoms with Gasteiger partial charge in [0.15, 0.2) is 0 Å². The number of carbonyl (C=O) groups is 1. The third-order valence-electron chi connectivity index (χ3n) is 8.12. The molecule has 1 unspecified atom stereocenters. The zero-order valence-electron chi connectivity index (χ0n) is 23.9. The Kier molecular flexibility index (Phi) is 9.12. The summed E-state index contributed by atoms with van der Waals surface area (Å²) in [7, 11) is 3.32. The van der Waals surface area contributed by atoms with Crippen LogP contribution in [0.3, 0.4) is 0 Å². The highest BCUT2D eigenvalue weighted by molar-refractivity contribution is 5.85. The summed E-state index contributed by atoms with van der Waals surface area (Å²) in [5.41, 5.74) is 7.31. The summed E-state index contributed by atoms with van der Waals surface area (Å²) in [5, 5.41) is 1.32. The van der Waals surface area contributed by atoms with E-state index in [1.54, 1.807) is 26.6 Å². The van der Waals surface area contributed by atoms with Gasteiger partial charge in [0.2, 0.25) is 5.91 Å². The fourth-order valence-electron chi connectivity index (χ4n) is 6.09. The second-order valence-electron chi connectivity index (χ2n) is 10.7. The number of aromatic nitrogens is 3. The number of para-hydroxylation sites is 1. The number of amides is 1. The van der Waals surface area contributed by atoms with Gasteiger partial charge in [-0.2, -0.15) is 0 Å². The van der Waals surface area contributed by atoms with Crippen LogP contribution in [0.25, 0.3) is 22.0 Å². The van der Waals surface area contributed by atoms with E-state index in [0.29, 0.717) is 18.3 Å². The Hall–Kier alpha value is -3.71. The molecule has 1 fully saturated rings. The zero-order chi connectivity index (χ0) is 27.9. The number of aryl methyl sites for hydroxylation is 3. The number of ether oxygens (including phenoxy) is 2. The Morgan fingerprint density at radius 3 is 2.52 bits per heavy atom. The van der Waals surface area contributed by atoms with Crippen LogP contribution in [0.2, 0.25) is 0 Å². The molecule has 1 aliphatic heterocycles. The minimum absolute atomic E-state index is 0.274. The summed E-state index contributed by atoms with van der Waals surface area (Å²) in [6.45, 7) is 5.60. The van der Waals surface area contributed by atoms with Crippen molar-refractivity contribution in [3.8, 4) is 17.1 Å². The minimum atomic E-state index is 0.274. The number of fused-ring (bicyclic) bond motifs is 1. The Morgan fingerprint density at radius 1 is 1.00 bits per heavy atom. The van der Waals surface area contributed by atoms with Crippen molar-refractivity contribution < 1.29 is 14.3 Å². The Bertz CT molecular complexity index is 1410. The lowest BCUT2D eigenvalue weighted by Crippen LogP contribution is -2.39. The normalized spacial score (nSPS) is 15.5. The number of benzene rings is 2. The molecular weight excluding hydrogens is 500 g/mol. The fourth-order valence-corrected chi connectivity index (χ4v) is 6.09. The van der Waals surface area contributed by atoms with Crippen molar-refractivity contribution in [1.82, 2.24) is 19.4 Å². The van der Waals surface area contributed by atoms with Crippen LogP contribution >= 0.6 is 0 Å². The van der Waals surface area contributed by atoms with Crippen molar-refractivity contribution in [3.05, 3.63) is 77.7 Å². The lowest BCUT2D eigenvalue weighted by atomic mass is 9.91. The largest absolute Gasteiger partial charge is 0.467 e. The number of likely N-dealkylation sites (tertiary alicyclic amines) is 1. The van der Waals surface area contributed by atoms with Crippen LogP contribution in [0.15, 0.2) is 60.9 Å². The number of hydrogen-bond donors (Lipinski definition) is 0. The van der Waals surface area contributed by atoms with Crippen LogP contribution in [0, 0.1) is 6.92 Å². The topological polar surface area (TPSA) is 69.5 Å². The SMILES string of the molecule is COCCCn1c(C2CCCN(C(=O)CCCc3ccc(-c4cnc(OC)nc4)cc3)C2)c(C)c2ccccc21. The summed E-state index contributed by atoms with van der Waals surface area (Å²) in [5.74, 6) is 0.638. The molecule has 210 valence electrons. The zero-order valence-corrected chi connectivity index (χ0v) is 23.9. The summed E-state index contributed by atoms with van der Waals surface area (Å²) in [4.78, 5) is 23.8. The fraction of sp³-hybridized carbons (Fsp3) is 0.424. The van der Waals surface area contributed by atoms with E-state index in [-0.39, 0.29) is 5.91 Å². The van der Waals surface area contributed by atoms with Gasteiger partial charge >= 0.3 is 6.01 Å². The second-order valence-corrected chi connectivity index (χ2v) is 10.7. The van der Waals surface area contributed by atoms with Crippen LogP contribution < -0.4 is 4.74 Å². The molecule has 1 amide bonds. The van der Waals surface area contributed by atoms with Crippen molar-refractivity contribution in [3.63, 3.8) is 0 Å². The van der Waals surface area contributed by atoms with Gasteiger partial charge in [-0.15, -0.1) is 0 Å². The van der Waals surface area contributed by atoms with Crippen molar-refractivity contribution >= 4 is 16.8 Å². The third kappa shape index (κ3) is 6.20. The van der Waals surface area contributed by atoms with Crippen molar-refractivity contribution in [1.29, 1.82) is 0 Å². The van der Waals surface area contributed by atoms with Crippen LogP contribution in [0.5, 0.6) is 6.01 Å². The molecule has 0 radical (unpaired) electrons. The van der Waals surface area contributed by atoms with Gasteiger partial charge in [0.25, 0.3) is 0 Å². The molecule has 2 aromatic carbocycles. The molecule has 4 aromatic rings.